The van der Waals surface area contributed by atoms with Gasteiger partial charge in [0.05, 0.1) is 6.61 Å². The second kappa shape index (κ2) is 8.65. The molecule has 0 aromatic heterocycles. The van der Waals surface area contributed by atoms with Gasteiger partial charge >= 0.3 is 7.60 Å². The van der Waals surface area contributed by atoms with Crippen molar-refractivity contribution in [1.29, 1.82) is 0 Å². The van der Waals surface area contributed by atoms with Gasteiger partial charge in [-0.15, -0.1) is 0 Å². The van der Waals surface area contributed by atoms with E-state index < -0.39 is 13.6 Å². The van der Waals surface area contributed by atoms with Gasteiger partial charge in [0.25, 0.3) is 6.03 Å². The van der Waals surface area contributed by atoms with Crippen molar-refractivity contribution in [2.75, 3.05) is 19.8 Å². The third-order valence-corrected chi connectivity index (χ3v) is 4.35. The van der Waals surface area contributed by atoms with Crippen LogP contribution in [-0.4, -0.2) is 25.9 Å². The molecule has 0 spiro atoms. The lowest BCUT2D eigenvalue weighted by Gasteiger charge is -2.26. The standard InChI is InChI=1S/C13H20ClO5P/c1-4-16-13(17-5-2)20(15,18-6-3)19-12-9-7-8-11(14)10-12/h7-10,13H,4-6H2,1-3H3. The molecule has 0 saturated heterocycles. The molecule has 0 fully saturated rings. The Balaban J connectivity index is 2.96. The molecule has 5 nitrogen and oxygen atoms in total. The highest BCUT2D eigenvalue weighted by Gasteiger charge is 2.39. The van der Waals surface area contributed by atoms with Crippen LogP contribution in [0.15, 0.2) is 24.3 Å². The summed E-state index contributed by atoms with van der Waals surface area (Å²) >= 11 is 5.88. The summed E-state index contributed by atoms with van der Waals surface area (Å²) in [5.74, 6) is 0.346. The van der Waals surface area contributed by atoms with Crippen LogP contribution in [0.25, 0.3) is 0 Å². The Morgan fingerprint density at radius 3 is 2.30 bits per heavy atom. The molecule has 1 rings (SSSR count). The lowest BCUT2D eigenvalue weighted by Crippen LogP contribution is -2.22. The molecule has 0 radical (unpaired) electrons. The van der Waals surface area contributed by atoms with Crippen molar-refractivity contribution in [3.05, 3.63) is 29.3 Å². The maximum Gasteiger partial charge on any atom is 0.435 e. The third kappa shape index (κ3) is 5.08. The first-order valence-electron chi connectivity index (χ1n) is 6.48. The molecular formula is C13H20ClO5P. The molecule has 0 amide bonds. The van der Waals surface area contributed by atoms with Gasteiger partial charge < -0.3 is 14.0 Å². The first-order valence-corrected chi connectivity index (χ1v) is 8.47. The molecule has 0 aliphatic heterocycles. The first kappa shape index (κ1) is 17.5. The predicted octanol–water partition coefficient (Wildman–Crippen LogP) is 4.31. The van der Waals surface area contributed by atoms with Crippen LogP contribution < -0.4 is 4.52 Å². The average Bonchev–Trinajstić information content (AvgIpc) is 2.38. The van der Waals surface area contributed by atoms with E-state index in [4.69, 9.17) is 30.1 Å². The Labute approximate surface area is 124 Å². The van der Waals surface area contributed by atoms with Crippen LogP contribution in [0, 0.1) is 0 Å². The second-order valence-electron chi connectivity index (χ2n) is 3.72. The maximum atomic E-state index is 12.8. The molecule has 20 heavy (non-hydrogen) atoms. The van der Waals surface area contributed by atoms with Gasteiger partial charge in [0.2, 0.25) is 0 Å². The van der Waals surface area contributed by atoms with E-state index in [0.717, 1.165) is 0 Å². The lowest BCUT2D eigenvalue weighted by atomic mass is 10.3. The number of rotatable bonds is 9. The van der Waals surface area contributed by atoms with Crippen LogP contribution in [0.3, 0.4) is 0 Å². The topological polar surface area (TPSA) is 54.0 Å². The smallest absolute Gasteiger partial charge is 0.421 e. The molecule has 1 atom stereocenters. The largest absolute Gasteiger partial charge is 0.435 e. The highest BCUT2D eigenvalue weighted by atomic mass is 35.5. The number of halogens is 1. The molecular weight excluding hydrogens is 303 g/mol. The van der Waals surface area contributed by atoms with Crippen molar-refractivity contribution < 1.29 is 23.1 Å². The van der Waals surface area contributed by atoms with Crippen molar-refractivity contribution in [3.8, 4) is 5.75 Å². The fourth-order valence-electron chi connectivity index (χ4n) is 1.50. The fraction of sp³-hybridized carbons (Fsp3) is 0.538. The average molecular weight is 323 g/mol. The van der Waals surface area contributed by atoms with Gasteiger partial charge in [-0.25, -0.2) is 4.57 Å². The van der Waals surface area contributed by atoms with Crippen LogP contribution in [0.1, 0.15) is 20.8 Å². The molecule has 7 heteroatoms. The molecule has 0 aliphatic rings. The minimum Gasteiger partial charge on any atom is -0.421 e. The van der Waals surface area contributed by atoms with Crippen molar-refractivity contribution >= 4 is 19.2 Å². The Bertz CT molecular complexity index is 448. The van der Waals surface area contributed by atoms with Gasteiger partial charge in [-0.1, -0.05) is 17.7 Å². The summed E-state index contributed by atoms with van der Waals surface area (Å²) in [6.45, 7) is 6.17. The minimum absolute atomic E-state index is 0.217. The minimum atomic E-state index is -3.61. The van der Waals surface area contributed by atoms with E-state index in [-0.39, 0.29) is 6.61 Å². The number of hydrogen-bond donors (Lipinski definition) is 0. The van der Waals surface area contributed by atoms with Crippen LogP contribution in [0.2, 0.25) is 5.02 Å². The summed E-state index contributed by atoms with van der Waals surface area (Å²) in [5.41, 5.74) is 0. The van der Waals surface area contributed by atoms with Crippen molar-refractivity contribution in [2.45, 2.75) is 26.8 Å². The van der Waals surface area contributed by atoms with E-state index in [0.29, 0.717) is 24.0 Å². The zero-order valence-corrected chi connectivity index (χ0v) is 13.5. The molecule has 1 aromatic carbocycles. The SMILES string of the molecule is CCOC(OCC)P(=O)(OCC)Oc1cccc(Cl)c1. The highest BCUT2D eigenvalue weighted by Crippen LogP contribution is 2.53. The number of benzene rings is 1. The zero-order chi connectivity index (χ0) is 15.0. The van der Waals surface area contributed by atoms with E-state index in [9.17, 15) is 4.57 Å². The Morgan fingerprint density at radius 1 is 1.15 bits per heavy atom. The Hall–Kier alpha value is -0.580. The third-order valence-electron chi connectivity index (χ3n) is 2.21. The van der Waals surface area contributed by atoms with E-state index in [1.807, 2.05) is 0 Å². The monoisotopic (exact) mass is 322 g/mol. The fourth-order valence-corrected chi connectivity index (χ4v) is 3.37. The number of hydrogen-bond acceptors (Lipinski definition) is 5. The Kier molecular flexibility index (Phi) is 7.56. The molecule has 1 aromatic rings. The van der Waals surface area contributed by atoms with E-state index in [2.05, 4.69) is 0 Å². The van der Waals surface area contributed by atoms with Crippen LogP contribution in [0.5, 0.6) is 5.75 Å². The second-order valence-corrected chi connectivity index (χ2v) is 6.10. The maximum absolute atomic E-state index is 12.8. The van der Waals surface area contributed by atoms with E-state index in [1.54, 1.807) is 45.0 Å². The highest BCUT2D eigenvalue weighted by molar-refractivity contribution is 7.54. The lowest BCUT2D eigenvalue weighted by molar-refractivity contribution is -0.0948. The first-order chi connectivity index (χ1) is 9.55. The summed E-state index contributed by atoms with van der Waals surface area (Å²) in [4.78, 5) is 0. The molecule has 0 N–H and O–H groups in total. The summed E-state index contributed by atoms with van der Waals surface area (Å²) < 4.78 is 34.3. The molecule has 0 aliphatic carbocycles. The van der Waals surface area contributed by atoms with Crippen molar-refractivity contribution in [2.24, 2.45) is 0 Å². The van der Waals surface area contributed by atoms with Gasteiger partial charge in [-0.05, 0) is 39.0 Å². The Morgan fingerprint density at radius 2 is 1.80 bits per heavy atom. The quantitative estimate of drug-likeness (QED) is 0.501. The molecule has 0 heterocycles. The van der Waals surface area contributed by atoms with E-state index in [1.165, 1.54) is 0 Å². The summed E-state index contributed by atoms with van der Waals surface area (Å²) in [5, 5.41) is 0.481. The van der Waals surface area contributed by atoms with Gasteiger partial charge in [0.1, 0.15) is 5.75 Å². The normalized spacial score (nSPS) is 14.2. The van der Waals surface area contributed by atoms with E-state index >= 15 is 0 Å². The molecule has 114 valence electrons. The predicted molar refractivity (Wildman–Crippen MR) is 78.4 cm³/mol. The summed E-state index contributed by atoms with van der Waals surface area (Å²) in [6.07, 6.45) is 0. The summed E-state index contributed by atoms with van der Waals surface area (Å²) in [6, 6.07) is 5.54. The van der Waals surface area contributed by atoms with Crippen LogP contribution >= 0.6 is 19.2 Å². The van der Waals surface area contributed by atoms with Crippen LogP contribution in [-0.2, 0) is 18.6 Å². The van der Waals surface area contributed by atoms with Crippen molar-refractivity contribution in [1.82, 2.24) is 0 Å². The van der Waals surface area contributed by atoms with Crippen LogP contribution in [0.4, 0.5) is 0 Å². The van der Waals surface area contributed by atoms with Gasteiger partial charge in [0, 0.05) is 18.2 Å². The molecule has 0 bridgehead atoms. The zero-order valence-electron chi connectivity index (χ0n) is 11.9. The summed E-state index contributed by atoms with van der Waals surface area (Å²) in [7, 11) is -3.61. The van der Waals surface area contributed by atoms with Crippen molar-refractivity contribution in [3.63, 3.8) is 0 Å². The van der Waals surface area contributed by atoms with Gasteiger partial charge in [-0.3, -0.25) is 4.52 Å². The number of ether oxygens (including phenoxy) is 2. The van der Waals surface area contributed by atoms with Gasteiger partial charge in [-0.2, -0.15) is 0 Å². The molecule has 1 unspecified atom stereocenters. The van der Waals surface area contributed by atoms with Gasteiger partial charge in [0.15, 0.2) is 0 Å². The molecule has 0 saturated carbocycles.